The molecule has 20 heavy (non-hydrogen) atoms. The molecule has 0 saturated heterocycles. The number of nitrogens with one attached hydrogen (secondary N) is 1. The maximum Gasteiger partial charge on any atom is 0.241 e. The largest absolute Gasteiger partial charge is 0.241 e. The summed E-state index contributed by atoms with van der Waals surface area (Å²) < 4.78 is 27.7. The molecule has 0 heterocycles. The smallest absolute Gasteiger partial charge is 0.207 e. The Morgan fingerprint density at radius 2 is 1.50 bits per heavy atom. The van der Waals surface area contributed by atoms with Gasteiger partial charge in [0.1, 0.15) is 0 Å². The standard InChI is InChI=1S/C16H27NO2S/c1-7-13-8-10-14(11-9-13)20(18,19)17-16(5,6)12-15(2,3)4/h8-11,17H,7,12H2,1-6H3. The van der Waals surface area contributed by atoms with E-state index in [9.17, 15) is 8.42 Å². The van der Waals surface area contributed by atoms with Crippen LogP contribution in [0.25, 0.3) is 0 Å². The summed E-state index contributed by atoms with van der Waals surface area (Å²) in [5, 5.41) is 0. The highest BCUT2D eigenvalue weighted by molar-refractivity contribution is 7.89. The number of hydrogen-bond donors (Lipinski definition) is 1. The Morgan fingerprint density at radius 1 is 1.00 bits per heavy atom. The minimum atomic E-state index is -3.47. The Labute approximate surface area is 123 Å². The van der Waals surface area contributed by atoms with E-state index < -0.39 is 15.6 Å². The molecule has 114 valence electrons. The van der Waals surface area contributed by atoms with Crippen molar-refractivity contribution in [2.75, 3.05) is 0 Å². The van der Waals surface area contributed by atoms with Crippen LogP contribution in [0.15, 0.2) is 29.2 Å². The molecule has 0 atom stereocenters. The van der Waals surface area contributed by atoms with Crippen LogP contribution in [0.2, 0.25) is 0 Å². The van der Waals surface area contributed by atoms with E-state index in [0.29, 0.717) is 4.90 Å². The first-order chi connectivity index (χ1) is 8.95. The molecule has 0 spiro atoms. The van der Waals surface area contributed by atoms with Gasteiger partial charge in [-0.05, 0) is 49.8 Å². The summed E-state index contributed by atoms with van der Waals surface area (Å²) in [6.07, 6.45) is 1.68. The lowest BCUT2D eigenvalue weighted by molar-refractivity contribution is 0.269. The number of hydrogen-bond acceptors (Lipinski definition) is 2. The van der Waals surface area contributed by atoms with Crippen LogP contribution in [0.1, 0.15) is 53.5 Å². The second kappa shape index (κ2) is 5.86. The predicted octanol–water partition coefficient (Wildman–Crippen LogP) is 3.74. The second-order valence-electron chi connectivity index (χ2n) is 7.22. The third-order valence-electron chi connectivity index (χ3n) is 3.02. The minimum Gasteiger partial charge on any atom is -0.207 e. The van der Waals surface area contributed by atoms with Gasteiger partial charge in [0.2, 0.25) is 10.0 Å². The van der Waals surface area contributed by atoms with E-state index in [-0.39, 0.29) is 5.41 Å². The zero-order chi connectivity index (χ0) is 15.6. The van der Waals surface area contributed by atoms with E-state index in [1.165, 1.54) is 0 Å². The van der Waals surface area contributed by atoms with Crippen molar-refractivity contribution in [2.24, 2.45) is 5.41 Å². The van der Waals surface area contributed by atoms with Gasteiger partial charge < -0.3 is 0 Å². The molecule has 1 aromatic rings. The van der Waals surface area contributed by atoms with Gasteiger partial charge in [0.15, 0.2) is 0 Å². The van der Waals surface area contributed by atoms with E-state index in [1.807, 2.05) is 32.9 Å². The highest BCUT2D eigenvalue weighted by atomic mass is 32.2. The van der Waals surface area contributed by atoms with Gasteiger partial charge in [-0.25, -0.2) is 13.1 Å². The summed E-state index contributed by atoms with van der Waals surface area (Å²) in [5.41, 5.74) is 0.733. The molecule has 0 aliphatic carbocycles. The van der Waals surface area contributed by atoms with Gasteiger partial charge in [-0.15, -0.1) is 0 Å². The van der Waals surface area contributed by atoms with Crippen LogP contribution >= 0.6 is 0 Å². The summed E-state index contributed by atoms with van der Waals surface area (Å²) in [6.45, 7) is 12.2. The molecule has 0 amide bonds. The molecule has 0 fully saturated rings. The average Bonchev–Trinajstić information content (AvgIpc) is 2.24. The summed E-state index contributed by atoms with van der Waals surface area (Å²) in [7, 11) is -3.47. The number of rotatable bonds is 5. The average molecular weight is 297 g/mol. The SMILES string of the molecule is CCc1ccc(S(=O)(=O)NC(C)(C)CC(C)(C)C)cc1. The first kappa shape index (κ1) is 17.2. The summed E-state index contributed by atoms with van der Waals surface area (Å²) in [4.78, 5) is 0.330. The molecule has 1 rings (SSSR count). The normalized spacial score (nSPS) is 13.5. The molecule has 0 aliphatic heterocycles. The Balaban J connectivity index is 2.93. The van der Waals surface area contributed by atoms with Crippen LogP contribution < -0.4 is 4.72 Å². The molecule has 3 nitrogen and oxygen atoms in total. The molecule has 0 aliphatic rings. The van der Waals surface area contributed by atoms with Crippen LogP contribution in [0, 0.1) is 5.41 Å². The quantitative estimate of drug-likeness (QED) is 0.900. The fourth-order valence-corrected chi connectivity index (χ4v) is 4.10. The predicted molar refractivity (Wildman–Crippen MR) is 84.3 cm³/mol. The van der Waals surface area contributed by atoms with Gasteiger partial charge in [0.05, 0.1) is 4.90 Å². The second-order valence-corrected chi connectivity index (χ2v) is 8.91. The monoisotopic (exact) mass is 297 g/mol. The fourth-order valence-electron chi connectivity index (χ4n) is 2.69. The van der Waals surface area contributed by atoms with Crippen molar-refractivity contribution in [1.29, 1.82) is 0 Å². The van der Waals surface area contributed by atoms with Crippen molar-refractivity contribution in [2.45, 2.75) is 64.8 Å². The molecule has 4 heteroatoms. The zero-order valence-corrected chi connectivity index (χ0v) is 14.3. The van der Waals surface area contributed by atoms with Gasteiger partial charge in [-0.1, -0.05) is 39.8 Å². The van der Waals surface area contributed by atoms with Crippen molar-refractivity contribution in [1.82, 2.24) is 4.72 Å². The Hall–Kier alpha value is -0.870. The lowest BCUT2D eigenvalue weighted by Gasteiger charge is -2.33. The van der Waals surface area contributed by atoms with Crippen molar-refractivity contribution in [3.63, 3.8) is 0 Å². The fraction of sp³-hybridized carbons (Fsp3) is 0.625. The Morgan fingerprint density at radius 3 is 1.90 bits per heavy atom. The number of sulfonamides is 1. The molecule has 0 radical (unpaired) electrons. The molecule has 0 saturated carbocycles. The molecular formula is C16H27NO2S. The molecule has 1 aromatic carbocycles. The van der Waals surface area contributed by atoms with Crippen LogP contribution in [-0.4, -0.2) is 14.0 Å². The van der Waals surface area contributed by atoms with Gasteiger partial charge in [0, 0.05) is 5.54 Å². The van der Waals surface area contributed by atoms with Crippen LogP contribution in [-0.2, 0) is 16.4 Å². The van der Waals surface area contributed by atoms with Crippen molar-refractivity contribution in [3.05, 3.63) is 29.8 Å². The van der Waals surface area contributed by atoms with E-state index in [1.54, 1.807) is 12.1 Å². The highest BCUT2D eigenvalue weighted by Gasteiger charge is 2.30. The summed E-state index contributed by atoms with van der Waals surface area (Å²) >= 11 is 0. The third-order valence-corrected chi connectivity index (χ3v) is 4.74. The lowest BCUT2D eigenvalue weighted by atomic mass is 9.82. The Bertz CT molecular complexity index is 537. The van der Waals surface area contributed by atoms with E-state index in [0.717, 1.165) is 18.4 Å². The summed E-state index contributed by atoms with van der Waals surface area (Å²) in [6, 6.07) is 7.08. The van der Waals surface area contributed by atoms with Crippen molar-refractivity contribution < 1.29 is 8.42 Å². The maximum absolute atomic E-state index is 12.4. The molecule has 0 unspecified atom stereocenters. The maximum atomic E-state index is 12.4. The minimum absolute atomic E-state index is 0.0675. The van der Waals surface area contributed by atoms with Crippen molar-refractivity contribution >= 4 is 10.0 Å². The number of aryl methyl sites for hydroxylation is 1. The third kappa shape index (κ3) is 5.25. The van der Waals surface area contributed by atoms with Gasteiger partial charge in [-0.2, -0.15) is 0 Å². The van der Waals surface area contributed by atoms with Gasteiger partial charge in [-0.3, -0.25) is 0 Å². The van der Waals surface area contributed by atoms with E-state index in [2.05, 4.69) is 25.5 Å². The van der Waals surface area contributed by atoms with Crippen LogP contribution in [0.4, 0.5) is 0 Å². The zero-order valence-electron chi connectivity index (χ0n) is 13.4. The van der Waals surface area contributed by atoms with Crippen molar-refractivity contribution in [3.8, 4) is 0 Å². The topological polar surface area (TPSA) is 46.2 Å². The highest BCUT2D eigenvalue weighted by Crippen LogP contribution is 2.28. The Kier molecular flexibility index (Phi) is 5.03. The van der Waals surface area contributed by atoms with E-state index in [4.69, 9.17) is 0 Å². The molecule has 0 aromatic heterocycles. The molecule has 0 bridgehead atoms. The van der Waals surface area contributed by atoms with Crippen LogP contribution in [0.5, 0.6) is 0 Å². The first-order valence-corrected chi connectivity index (χ1v) is 8.56. The number of benzene rings is 1. The summed E-state index contributed by atoms with van der Waals surface area (Å²) in [5.74, 6) is 0. The first-order valence-electron chi connectivity index (χ1n) is 7.08. The van der Waals surface area contributed by atoms with Gasteiger partial charge >= 0.3 is 0 Å². The van der Waals surface area contributed by atoms with Crippen LogP contribution in [0.3, 0.4) is 0 Å². The van der Waals surface area contributed by atoms with Gasteiger partial charge in [0.25, 0.3) is 0 Å². The lowest BCUT2D eigenvalue weighted by Crippen LogP contribution is -2.45. The molecule has 1 N–H and O–H groups in total. The molecular weight excluding hydrogens is 270 g/mol. The van der Waals surface area contributed by atoms with E-state index >= 15 is 0 Å².